The summed E-state index contributed by atoms with van der Waals surface area (Å²) in [5.41, 5.74) is -0.176. The Hall–Kier alpha value is -1.79. The molecule has 3 nitrogen and oxygen atoms in total. The monoisotopic (exact) mass is 348 g/mol. The lowest BCUT2D eigenvalue weighted by Gasteiger charge is -2.22. The van der Waals surface area contributed by atoms with Gasteiger partial charge in [0.05, 0.1) is 0 Å². The summed E-state index contributed by atoms with van der Waals surface area (Å²) in [6, 6.07) is 7.21. The second kappa shape index (κ2) is 6.54. The highest BCUT2D eigenvalue weighted by atomic mass is 35.5. The Morgan fingerprint density at radius 1 is 1.09 bits per heavy atom. The van der Waals surface area contributed by atoms with Crippen LogP contribution in [-0.2, 0) is 0 Å². The summed E-state index contributed by atoms with van der Waals surface area (Å²) < 4.78 is 39.5. The molecule has 22 heavy (non-hydrogen) atoms. The lowest BCUT2D eigenvalue weighted by Crippen LogP contribution is -2.38. The quantitative estimate of drug-likeness (QED) is 0.834. The molecule has 1 aromatic carbocycles. The number of nitrogens with one attached hydrogen (secondary N) is 1. The first-order chi connectivity index (χ1) is 10.3. The summed E-state index contributed by atoms with van der Waals surface area (Å²) in [4.78, 5) is 15.7. The molecule has 2 rings (SSSR count). The van der Waals surface area contributed by atoms with Gasteiger partial charge in [0.25, 0.3) is 5.91 Å². The minimum atomic E-state index is -4.64. The number of carbonyl (C=O) groups is 1. The van der Waals surface area contributed by atoms with Gasteiger partial charge < -0.3 is 5.32 Å². The first-order valence-corrected chi connectivity index (χ1v) is 6.78. The van der Waals surface area contributed by atoms with Gasteiger partial charge in [-0.2, -0.15) is 13.2 Å². The van der Waals surface area contributed by atoms with E-state index >= 15 is 0 Å². The maximum Gasteiger partial charge on any atom is 0.412 e. The van der Waals surface area contributed by atoms with Crippen molar-refractivity contribution in [2.75, 3.05) is 0 Å². The fourth-order valence-electron chi connectivity index (χ4n) is 1.81. The Bertz CT molecular complexity index is 657. The van der Waals surface area contributed by atoms with E-state index < -0.39 is 18.1 Å². The van der Waals surface area contributed by atoms with Crippen LogP contribution in [-0.4, -0.2) is 17.1 Å². The van der Waals surface area contributed by atoms with Crippen molar-refractivity contribution in [3.63, 3.8) is 0 Å². The maximum atomic E-state index is 13.2. The predicted molar refractivity (Wildman–Crippen MR) is 77.0 cm³/mol. The van der Waals surface area contributed by atoms with Gasteiger partial charge in [0.2, 0.25) is 0 Å². The van der Waals surface area contributed by atoms with Crippen LogP contribution in [0, 0.1) is 0 Å². The van der Waals surface area contributed by atoms with Crippen molar-refractivity contribution in [1.29, 1.82) is 0 Å². The smallest absolute Gasteiger partial charge is 0.337 e. The summed E-state index contributed by atoms with van der Waals surface area (Å²) in [7, 11) is 0. The van der Waals surface area contributed by atoms with Crippen molar-refractivity contribution in [3.8, 4) is 0 Å². The van der Waals surface area contributed by atoms with E-state index in [0.717, 1.165) is 12.1 Å². The molecule has 116 valence electrons. The van der Waals surface area contributed by atoms with Gasteiger partial charge in [-0.05, 0) is 17.7 Å². The number of pyridine rings is 1. The third-order valence-electron chi connectivity index (χ3n) is 2.76. The number of hydrogen-bond acceptors (Lipinski definition) is 2. The molecule has 0 saturated carbocycles. The van der Waals surface area contributed by atoms with Crippen molar-refractivity contribution in [3.05, 3.63) is 63.9 Å². The maximum absolute atomic E-state index is 13.2. The van der Waals surface area contributed by atoms with Crippen molar-refractivity contribution >= 4 is 29.1 Å². The molecule has 0 aliphatic carbocycles. The predicted octanol–water partition coefficient (Wildman–Crippen LogP) is 4.42. The molecule has 0 saturated heterocycles. The zero-order chi connectivity index (χ0) is 16.3. The lowest BCUT2D eigenvalue weighted by molar-refractivity contribution is -0.155. The summed E-state index contributed by atoms with van der Waals surface area (Å²) in [5, 5.41) is 1.77. The van der Waals surface area contributed by atoms with Gasteiger partial charge in [0, 0.05) is 5.56 Å². The molecule has 8 heteroatoms. The first-order valence-electron chi connectivity index (χ1n) is 6.03. The van der Waals surface area contributed by atoms with E-state index in [0.29, 0.717) is 0 Å². The highest BCUT2D eigenvalue weighted by molar-refractivity contribution is 6.33. The molecular weight excluding hydrogens is 340 g/mol. The second-order valence-corrected chi connectivity index (χ2v) is 5.13. The lowest BCUT2D eigenvalue weighted by atomic mass is 10.1. The third kappa shape index (κ3) is 4.11. The van der Waals surface area contributed by atoms with Gasteiger partial charge in [0.15, 0.2) is 6.04 Å². The van der Waals surface area contributed by atoms with E-state index in [-0.39, 0.29) is 21.4 Å². The largest absolute Gasteiger partial charge is 0.412 e. The minimum Gasteiger partial charge on any atom is -0.337 e. The summed E-state index contributed by atoms with van der Waals surface area (Å²) in [5.74, 6) is -0.947. The van der Waals surface area contributed by atoms with E-state index in [1.165, 1.54) is 24.3 Å². The van der Waals surface area contributed by atoms with E-state index in [9.17, 15) is 18.0 Å². The molecule has 0 spiro atoms. The van der Waals surface area contributed by atoms with Crippen LogP contribution in [0.3, 0.4) is 0 Å². The standard InChI is InChI=1S/C14H9Cl2F3N2O/c15-10-6-9(7-11(16)20-10)13(22)21-12(14(17,18)19)8-4-2-1-3-5-8/h1-7,12H,(H,21,22). The zero-order valence-electron chi connectivity index (χ0n) is 10.9. The number of rotatable bonds is 3. The van der Waals surface area contributed by atoms with Crippen LogP contribution in [0.2, 0.25) is 10.3 Å². The average Bonchev–Trinajstić information content (AvgIpc) is 2.43. The van der Waals surface area contributed by atoms with Crippen LogP contribution in [0.1, 0.15) is 22.0 Å². The van der Waals surface area contributed by atoms with Crippen molar-refractivity contribution in [1.82, 2.24) is 10.3 Å². The van der Waals surface area contributed by atoms with Gasteiger partial charge in [-0.3, -0.25) is 4.79 Å². The van der Waals surface area contributed by atoms with E-state index in [1.54, 1.807) is 6.07 Å². The van der Waals surface area contributed by atoms with Gasteiger partial charge in [0.1, 0.15) is 10.3 Å². The Kier molecular flexibility index (Phi) is 4.93. The van der Waals surface area contributed by atoms with Gasteiger partial charge in [-0.25, -0.2) is 4.98 Å². The Morgan fingerprint density at radius 2 is 1.64 bits per heavy atom. The molecular formula is C14H9Cl2F3N2O. The normalized spacial score (nSPS) is 12.8. The van der Waals surface area contributed by atoms with Crippen LogP contribution in [0.25, 0.3) is 0 Å². The molecule has 1 atom stereocenters. The van der Waals surface area contributed by atoms with Crippen LogP contribution in [0.15, 0.2) is 42.5 Å². The van der Waals surface area contributed by atoms with Crippen LogP contribution >= 0.6 is 23.2 Å². The van der Waals surface area contributed by atoms with Gasteiger partial charge in [-0.1, -0.05) is 53.5 Å². The summed E-state index contributed by atoms with van der Waals surface area (Å²) >= 11 is 11.3. The Labute approximate surface area is 134 Å². The number of benzene rings is 1. The number of halogens is 5. The summed E-state index contributed by atoms with van der Waals surface area (Å²) in [6.07, 6.45) is -4.64. The molecule has 0 bridgehead atoms. The number of hydrogen-bond donors (Lipinski definition) is 1. The zero-order valence-corrected chi connectivity index (χ0v) is 12.4. The van der Waals surface area contributed by atoms with Crippen molar-refractivity contribution in [2.24, 2.45) is 0 Å². The minimum absolute atomic E-state index is 0.0744. The fourth-order valence-corrected chi connectivity index (χ4v) is 2.27. The number of alkyl halides is 3. The molecule has 1 N–H and O–H groups in total. The topological polar surface area (TPSA) is 42.0 Å². The highest BCUT2D eigenvalue weighted by Crippen LogP contribution is 2.32. The van der Waals surface area contributed by atoms with Crippen molar-refractivity contribution < 1.29 is 18.0 Å². The van der Waals surface area contributed by atoms with Crippen LogP contribution in [0.4, 0.5) is 13.2 Å². The van der Waals surface area contributed by atoms with Crippen molar-refractivity contribution in [2.45, 2.75) is 12.2 Å². The van der Waals surface area contributed by atoms with E-state index in [4.69, 9.17) is 23.2 Å². The molecule has 0 radical (unpaired) electrons. The average molecular weight is 349 g/mol. The molecule has 0 fully saturated rings. The fraction of sp³-hybridized carbons (Fsp3) is 0.143. The number of nitrogens with zero attached hydrogens (tertiary/aromatic N) is 1. The van der Waals surface area contributed by atoms with E-state index in [2.05, 4.69) is 4.98 Å². The molecule has 2 aromatic rings. The molecule has 1 heterocycles. The van der Waals surface area contributed by atoms with Crippen LogP contribution < -0.4 is 5.32 Å². The van der Waals surface area contributed by atoms with Gasteiger partial charge in [-0.15, -0.1) is 0 Å². The Balaban J connectivity index is 2.29. The van der Waals surface area contributed by atoms with Gasteiger partial charge >= 0.3 is 6.18 Å². The molecule has 0 aliphatic heterocycles. The summed E-state index contributed by atoms with van der Waals surface area (Å²) in [6.45, 7) is 0. The highest BCUT2D eigenvalue weighted by Gasteiger charge is 2.41. The SMILES string of the molecule is O=C(NC(c1ccccc1)C(F)(F)F)c1cc(Cl)nc(Cl)c1. The molecule has 1 amide bonds. The molecule has 0 aliphatic rings. The number of aromatic nitrogens is 1. The van der Waals surface area contributed by atoms with E-state index in [1.807, 2.05) is 5.32 Å². The van der Waals surface area contributed by atoms with Crippen LogP contribution in [0.5, 0.6) is 0 Å². The number of amides is 1. The second-order valence-electron chi connectivity index (χ2n) is 4.36. The first kappa shape index (κ1) is 16.6. The molecule has 1 unspecified atom stereocenters. The third-order valence-corrected chi connectivity index (χ3v) is 3.15. The Morgan fingerprint density at radius 3 is 2.14 bits per heavy atom. The molecule has 1 aromatic heterocycles. The number of carbonyl (C=O) groups excluding carboxylic acids is 1.